The van der Waals surface area contributed by atoms with E-state index in [1.165, 1.54) is 6.33 Å². The summed E-state index contributed by atoms with van der Waals surface area (Å²) in [6, 6.07) is 3.69. The minimum absolute atomic E-state index is 0.191. The van der Waals surface area contributed by atoms with Gasteiger partial charge in [-0.15, -0.1) is 0 Å². The third kappa shape index (κ3) is 0.806. The van der Waals surface area contributed by atoms with Crippen LogP contribution in [0.1, 0.15) is 0 Å². The van der Waals surface area contributed by atoms with Crippen molar-refractivity contribution < 1.29 is 0 Å². The molecule has 3 aromatic heterocycles. The zero-order valence-electron chi connectivity index (χ0n) is 7.11. The lowest BCUT2D eigenvalue weighted by molar-refractivity contribution is 1.24. The fourth-order valence-electron chi connectivity index (χ4n) is 1.54. The van der Waals surface area contributed by atoms with Crippen LogP contribution in [0.5, 0.6) is 0 Å². The molecule has 5 heteroatoms. The Morgan fingerprint density at radius 1 is 1.29 bits per heavy atom. The standard InChI is InChI=1S/C9H6N4O/c14-9-7-6(11-4-12-7)5-2-1-3-10-8(5)13-9/h1-4H,(H,11,12)(H,10,13,14). The van der Waals surface area contributed by atoms with Gasteiger partial charge in [-0.2, -0.15) is 0 Å². The molecule has 0 aromatic carbocycles. The summed E-state index contributed by atoms with van der Waals surface area (Å²) in [6.45, 7) is 0. The number of imidazole rings is 1. The summed E-state index contributed by atoms with van der Waals surface area (Å²) in [5.41, 5.74) is 1.53. The number of H-pyrrole nitrogens is 2. The van der Waals surface area contributed by atoms with E-state index in [2.05, 4.69) is 19.9 Å². The van der Waals surface area contributed by atoms with Gasteiger partial charge in [0.25, 0.3) is 5.56 Å². The molecule has 3 rings (SSSR count). The molecule has 3 heterocycles. The Bertz CT molecular complexity index is 667. The van der Waals surface area contributed by atoms with Crippen LogP contribution >= 0.6 is 0 Å². The van der Waals surface area contributed by atoms with Crippen LogP contribution in [-0.2, 0) is 0 Å². The molecule has 5 nitrogen and oxygen atoms in total. The van der Waals surface area contributed by atoms with Crippen molar-refractivity contribution in [2.75, 3.05) is 0 Å². The van der Waals surface area contributed by atoms with E-state index in [-0.39, 0.29) is 5.56 Å². The Balaban J connectivity index is 2.73. The number of nitrogens with zero attached hydrogens (tertiary/aromatic N) is 2. The first kappa shape index (κ1) is 7.25. The van der Waals surface area contributed by atoms with Crippen molar-refractivity contribution in [2.45, 2.75) is 0 Å². The van der Waals surface area contributed by atoms with Gasteiger partial charge in [0, 0.05) is 11.6 Å². The quantitative estimate of drug-likeness (QED) is 0.545. The fourth-order valence-corrected chi connectivity index (χ4v) is 1.54. The predicted molar refractivity (Wildman–Crippen MR) is 52.0 cm³/mol. The largest absolute Gasteiger partial charge is 0.340 e. The van der Waals surface area contributed by atoms with E-state index in [9.17, 15) is 4.79 Å². The van der Waals surface area contributed by atoms with Crippen LogP contribution in [0.25, 0.3) is 22.1 Å². The molecular formula is C9H6N4O. The van der Waals surface area contributed by atoms with Crippen LogP contribution in [-0.4, -0.2) is 19.9 Å². The van der Waals surface area contributed by atoms with Gasteiger partial charge in [0.15, 0.2) is 0 Å². The highest BCUT2D eigenvalue weighted by molar-refractivity contribution is 5.99. The summed E-state index contributed by atoms with van der Waals surface area (Å²) in [7, 11) is 0. The second-order valence-corrected chi connectivity index (χ2v) is 2.98. The molecule has 0 fully saturated rings. The number of hydrogen-bond donors (Lipinski definition) is 2. The highest BCUT2D eigenvalue weighted by Gasteiger charge is 2.06. The molecule has 0 amide bonds. The van der Waals surface area contributed by atoms with Crippen LogP contribution < -0.4 is 5.56 Å². The second kappa shape index (κ2) is 2.41. The number of hydrogen-bond acceptors (Lipinski definition) is 3. The SMILES string of the molecule is O=c1[nH]c2ncccc2c2nc[nH]c12. The molecule has 0 aliphatic heterocycles. The van der Waals surface area contributed by atoms with Crippen LogP contribution in [0.4, 0.5) is 0 Å². The molecule has 0 saturated carbocycles. The molecule has 0 saturated heterocycles. The number of aromatic amines is 2. The topological polar surface area (TPSA) is 74.4 Å². The lowest BCUT2D eigenvalue weighted by Crippen LogP contribution is -2.06. The summed E-state index contributed by atoms with van der Waals surface area (Å²) >= 11 is 0. The van der Waals surface area contributed by atoms with Gasteiger partial charge in [-0.05, 0) is 12.1 Å². The Hall–Kier alpha value is -2.17. The lowest BCUT2D eigenvalue weighted by Gasteiger charge is -1.95. The number of fused-ring (bicyclic) bond motifs is 3. The number of pyridine rings is 2. The molecule has 2 N–H and O–H groups in total. The van der Waals surface area contributed by atoms with E-state index in [1.54, 1.807) is 6.20 Å². The van der Waals surface area contributed by atoms with Crippen molar-refractivity contribution in [1.29, 1.82) is 0 Å². The maximum Gasteiger partial charge on any atom is 0.275 e. The maximum atomic E-state index is 11.5. The number of nitrogens with one attached hydrogen (secondary N) is 2. The van der Waals surface area contributed by atoms with Crippen LogP contribution in [0.15, 0.2) is 29.5 Å². The summed E-state index contributed by atoms with van der Waals surface area (Å²) in [5, 5.41) is 0.850. The van der Waals surface area contributed by atoms with E-state index in [0.29, 0.717) is 16.7 Å². The Morgan fingerprint density at radius 3 is 3.14 bits per heavy atom. The van der Waals surface area contributed by atoms with Crippen molar-refractivity contribution in [3.8, 4) is 0 Å². The lowest BCUT2D eigenvalue weighted by atomic mass is 10.2. The Morgan fingerprint density at radius 2 is 2.21 bits per heavy atom. The van der Waals surface area contributed by atoms with E-state index in [1.807, 2.05) is 12.1 Å². The normalized spacial score (nSPS) is 11.1. The van der Waals surface area contributed by atoms with Crippen molar-refractivity contribution in [1.82, 2.24) is 19.9 Å². The molecule has 0 unspecified atom stereocenters. The van der Waals surface area contributed by atoms with Gasteiger partial charge in [0.2, 0.25) is 0 Å². The second-order valence-electron chi connectivity index (χ2n) is 2.98. The molecule has 3 aromatic rings. The molecule has 0 atom stereocenters. The van der Waals surface area contributed by atoms with Gasteiger partial charge < -0.3 is 9.97 Å². The summed E-state index contributed by atoms with van der Waals surface area (Å²) in [6.07, 6.45) is 3.14. The average molecular weight is 186 g/mol. The molecule has 0 radical (unpaired) electrons. The first-order valence-electron chi connectivity index (χ1n) is 4.16. The fraction of sp³-hybridized carbons (Fsp3) is 0. The zero-order valence-corrected chi connectivity index (χ0v) is 7.11. The van der Waals surface area contributed by atoms with Crippen LogP contribution in [0, 0.1) is 0 Å². The first-order chi connectivity index (χ1) is 6.86. The third-order valence-electron chi connectivity index (χ3n) is 2.16. The van der Waals surface area contributed by atoms with Gasteiger partial charge in [0.05, 0.1) is 6.33 Å². The molecular weight excluding hydrogens is 180 g/mol. The minimum Gasteiger partial charge on any atom is -0.340 e. The van der Waals surface area contributed by atoms with Crippen molar-refractivity contribution >= 4 is 22.1 Å². The van der Waals surface area contributed by atoms with Crippen LogP contribution in [0.3, 0.4) is 0 Å². The van der Waals surface area contributed by atoms with Crippen molar-refractivity contribution in [3.05, 3.63) is 35.0 Å². The van der Waals surface area contributed by atoms with Crippen LogP contribution in [0.2, 0.25) is 0 Å². The first-order valence-corrected chi connectivity index (χ1v) is 4.16. The van der Waals surface area contributed by atoms with Gasteiger partial charge >= 0.3 is 0 Å². The molecule has 0 aliphatic carbocycles. The Labute approximate surface area is 77.8 Å². The average Bonchev–Trinajstić information content (AvgIpc) is 2.67. The monoisotopic (exact) mass is 186 g/mol. The third-order valence-corrected chi connectivity index (χ3v) is 2.16. The van der Waals surface area contributed by atoms with Gasteiger partial charge in [-0.1, -0.05) is 0 Å². The number of aromatic nitrogens is 4. The van der Waals surface area contributed by atoms with Gasteiger partial charge in [0.1, 0.15) is 16.7 Å². The highest BCUT2D eigenvalue weighted by atomic mass is 16.1. The van der Waals surface area contributed by atoms with Crippen molar-refractivity contribution in [2.24, 2.45) is 0 Å². The van der Waals surface area contributed by atoms with E-state index in [4.69, 9.17) is 0 Å². The number of rotatable bonds is 0. The molecule has 0 spiro atoms. The Kier molecular flexibility index (Phi) is 1.25. The zero-order chi connectivity index (χ0) is 9.54. The summed E-state index contributed by atoms with van der Waals surface area (Å²) < 4.78 is 0. The minimum atomic E-state index is -0.191. The van der Waals surface area contributed by atoms with E-state index in [0.717, 1.165) is 5.39 Å². The van der Waals surface area contributed by atoms with Gasteiger partial charge in [-0.25, -0.2) is 9.97 Å². The van der Waals surface area contributed by atoms with E-state index >= 15 is 0 Å². The van der Waals surface area contributed by atoms with Crippen molar-refractivity contribution in [3.63, 3.8) is 0 Å². The van der Waals surface area contributed by atoms with E-state index < -0.39 is 0 Å². The highest BCUT2D eigenvalue weighted by Crippen LogP contribution is 2.14. The summed E-state index contributed by atoms with van der Waals surface area (Å²) in [4.78, 5) is 25.1. The molecule has 0 bridgehead atoms. The summed E-state index contributed by atoms with van der Waals surface area (Å²) in [5.74, 6) is 0. The smallest absolute Gasteiger partial charge is 0.275 e. The predicted octanol–water partition coefficient (Wildman–Crippen LogP) is 0.799. The molecule has 14 heavy (non-hydrogen) atoms. The molecule has 0 aliphatic rings. The maximum absolute atomic E-state index is 11.5. The van der Waals surface area contributed by atoms with Gasteiger partial charge in [-0.3, -0.25) is 4.79 Å². The molecule has 68 valence electrons.